The van der Waals surface area contributed by atoms with Crippen molar-refractivity contribution in [2.24, 2.45) is 29.6 Å². The molecule has 1 aromatic rings. The molecular weight excluding hydrogens is 352 g/mol. The lowest BCUT2D eigenvalue weighted by Crippen LogP contribution is -2.35. The molecule has 162 valence electrons. The van der Waals surface area contributed by atoms with Gasteiger partial charge in [-0.1, -0.05) is 57.9 Å². The average molecular weight is 397 g/mol. The fraction of sp³-hybridized carbons (Fsp3) is 0.786. The zero-order valence-electron chi connectivity index (χ0n) is 19.1. The van der Waals surface area contributed by atoms with E-state index in [1.165, 1.54) is 77.0 Å². The Morgan fingerprint density at radius 2 is 1.55 bits per heavy atom. The summed E-state index contributed by atoms with van der Waals surface area (Å²) in [5, 5.41) is 0. The molecule has 0 aromatic heterocycles. The Kier molecular flexibility index (Phi) is 7.60. The highest BCUT2D eigenvalue weighted by atomic mass is 16.5. The van der Waals surface area contributed by atoms with Crippen LogP contribution in [0.5, 0.6) is 5.75 Å². The highest BCUT2D eigenvalue weighted by molar-refractivity contribution is 5.37. The quantitative estimate of drug-likeness (QED) is 0.404. The Bertz CT molecular complexity index is 635. The zero-order chi connectivity index (χ0) is 20.1. The molecule has 0 heterocycles. The first-order valence-electron chi connectivity index (χ1n) is 12.9. The largest absolute Gasteiger partial charge is 0.497 e. The number of methoxy groups -OCH3 is 1. The first kappa shape index (κ1) is 21.3. The Morgan fingerprint density at radius 1 is 0.793 bits per heavy atom. The first-order chi connectivity index (χ1) is 14.3. The molecular formula is C28H44O. The van der Waals surface area contributed by atoms with Gasteiger partial charge in [-0.15, -0.1) is 0 Å². The topological polar surface area (TPSA) is 9.23 Å². The average Bonchev–Trinajstić information content (AvgIpc) is 2.77. The number of aryl methyl sites for hydroxylation is 1. The van der Waals surface area contributed by atoms with Crippen molar-refractivity contribution in [2.45, 2.75) is 103 Å². The van der Waals surface area contributed by atoms with Crippen LogP contribution in [0.25, 0.3) is 0 Å². The van der Waals surface area contributed by atoms with Gasteiger partial charge in [-0.2, -0.15) is 0 Å². The molecule has 0 bridgehead atoms. The van der Waals surface area contributed by atoms with E-state index < -0.39 is 0 Å². The molecule has 2 fully saturated rings. The maximum atomic E-state index is 5.43. The second kappa shape index (κ2) is 10.4. The highest BCUT2D eigenvalue weighted by Gasteiger charge is 2.38. The van der Waals surface area contributed by atoms with Gasteiger partial charge < -0.3 is 4.74 Å². The Labute approximate surface area is 180 Å². The molecule has 0 amide bonds. The van der Waals surface area contributed by atoms with Crippen molar-refractivity contribution in [1.82, 2.24) is 0 Å². The van der Waals surface area contributed by atoms with Crippen LogP contribution in [0.4, 0.5) is 0 Å². The van der Waals surface area contributed by atoms with Gasteiger partial charge in [0.25, 0.3) is 0 Å². The lowest BCUT2D eigenvalue weighted by atomic mass is 9.61. The molecule has 0 N–H and O–H groups in total. The third kappa shape index (κ3) is 5.39. The molecule has 2 saturated carbocycles. The monoisotopic (exact) mass is 396 g/mol. The number of rotatable bonds is 8. The van der Waals surface area contributed by atoms with Gasteiger partial charge in [-0.05, 0) is 104 Å². The number of fused-ring (bicyclic) bond motifs is 2. The molecule has 3 aliphatic rings. The minimum absolute atomic E-state index is 0.938. The summed E-state index contributed by atoms with van der Waals surface area (Å²) in [6, 6.07) is 6.80. The number of ether oxygens (including phenoxy) is 1. The molecule has 0 saturated heterocycles. The molecule has 4 rings (SSSR count). The van der Waals surface area contributed by atoms with Crippen molar-refractivity contribution < 1.29 is 4.74 Å². The van der Waals surface area contributed by atoms with Crippen LogP contribution >= 0.6 is 0 Å². The summed E-state index contributed by atoms with van der Waals surface area (Å²) in [6.07, 6.45) is 22.0. The van der Waals surface area contributed by atoms with Crippen molar-refractivity contribution in [3.63, 3.8) is 0 Å². The van der Waals surface area contributed by atoms with Crippen LogP contribution in [-0.2, 0) is 12.8 Å². The predicted octanol–water partition coefficient (Wildman–Crippen LogP) is 7.99. The van der Waals surface area contributed by atoms with Gasteiger partial charge in [0.15, 0.2) is 0 Å². The van der Waals surface area contributed by atoms with E-state index >= 15 is 0 Å². The van der Waals surface area contributed by atoms with Crippen molar-refractivity contribution >= 4 is 0 Å². The number of hydrogen-bond donors (Lipinski definition) is 0. The smallest absolute Gasteiger partial charge is 0.119 e. The van der Waals surface area contributed by atoms with Crippen molar-refractivity contribution in [3.05, 3.63) is 29.3 Å². The molecule has 0 radical (unpaired) electrons. The summed E-state index contributed by atoms with van der Waals surface area (Å²) >= 11 is 0. The van der Waals surface area contributed by atoms with Crippen LogP contribution in [0.15, 0.2) is 18.2 Å². The standard InChI is InChI=1S/C28H44O/c1-3-4-5-6-7-8-21-9-10-23-18-24(12-11-22(23)17-21)25-13-14-27-20-28(29-2)16-15-26(27)19-25/h15-16,20-25H,3-14,17-19H2,1-2H3. The Balaban J connectivity index is 1.24. The number of benzene rings is 1. The molecule has 1 heteroatoms. The van der Waals surface area contributed by atoms with Crippen LogP contribution in [0.1, 0.15) is 102 Å². The molecule has 29 heavy (non-hydrogen) atoms. The second-order valence-corrected chi connectivity index (χ2v) is 10.6. The SMILES string of the molecule is CCCCCCCC1CCC2CC(C3CCc4cc(OC)ccc4C3)CCC2C1. The zero-order valence-corrected chi connectivity index (χ0v) is 19.1. The van der Waals surface area contributed by atoms with E-state index in [1.807, 2.05) is 0 Å². The van der Waals surface area contributed by atoms with Gasteiger partial charge in [-0.3, -0.25) is 0 Å². The first-order valence-corrected chi connectivity index (χ1v) is 12.9. The summed E-state index contributed by atoms with van der Waals surface area (Å²) in [5.74, 6) is 6.16. The number of unbranched alkanes of at least 4 members (excludes halogenated alkanes) is 4. The van der Waals surface area contributed by atoms with E-state index in [-0.39, 0.29) is 0 Å². The molecule has 5 atom stereocenters. The van der Waals surface area contributed by atoms with E-state index in [0.29, 0.717) is 0 Å². The fourth-order valence-electron chi connectivity index (χ4n) is 7.04. The Hall–Kier alpha value is -0.980. The van der Waals surface area contributed by atoms with Gasteiger partial charge in [0.05, 0.1) is 7.11 Å². The summed E-state index contributed by atoms with van der Waals surface area (Å²) < 4.78 is 5.43. The van der Waals surface area contributed by atoms with Crippen molar-refractivity contribution in [2.75, 3.05) is 7.11 Å². The van der Waals surface area contributed by atoms with Gasteiger partial charge >= 0.3 is 0 Å². The molecule has 5 unspecified atom stereocenters. The predicted molar refractivity (Wildman–Crippen MR) is 124 cm³/mol. The minimum Gasteiger partial charge on any atom is -0.497 e. The van der Waals surface area contributed by atoms with Crippen LogP contribution in [0, 0.1) is 29.6 Å². The molecule has 0 aliphatic heterocycles. The second-order valence-electron chi connectivity index (χ2n) is 10.6. The summed E-state index contributed by atoms with van der Waals surface area (Å²) in [4.78, 5) is 0. The summed E-state index contributed by atoms with van der Waals surface area (Å²) in [7, 11) is 1.78. The maximum absolute atomic E-state index is 5.43. The van der Waals surface area contributed by atoms with Gasteiger partial charge in [-0.25, -0.2) is 0 Å². The lowest BCUT2D eigenvalue weighted by Gasteiger charge is -2.45. The van der Waals surface area contributed by atoms with E-state index in [9.17, 15) is 0 Å². The molecule has 0 spiro atoms. The molecule has 1 nitrogen and oxygen atoms in total. The minimum atomic E-state index is 0.938. The van der Waals surface area contributed by atoms with Crippen LogP contribution in [0.2, 0.25) is 0 Å². The van der Waals surface area contributed by atoms with Crippen molar-refractivity contribution in [3.8, 4) is 5.75 Å². The number of hydrogen-bond acceptors (Lipinski definition) is 1. The molecule has 1 aromatic carbocycles. The van der Waals surface area contributed by atoms with Crippen LogP contribution in [0.3, 0.4) is 0 Å². The fourth-order valence-corrected chi connectivity index (χ4v) is 7.04. The van der Waals surface area contributed by atoms with Crippen LogP contribution in [-0.4, -0.2) is 7.11 Å². The van der Waals surface area contributed by atoms with Crippen molar-refractivity contribution in [1.29, 1.82) is 0 Å². The Morgan fingerprint density at radius 3 is 2.38 bits per heavy atom. The van der Waals surface area contributed by atoms with Crippen LogP contribution < -0.4 is 4.74 Å². The van der Waals surface area contributed by atoms with Gasteiger partial charge in [0, 0.05) is 0 Å². The molecule has 3 aliphatic carbocycles. The van der Waals surface area contributed by atoms with E-state index in [2.05, 4.69) is 25.1 Å². The third-order valence-corrected chi connectivity index (χ3v) is 8.82. The van der Waals surface area contributed by atoms with E-state index in [0.717, 1.165) is 35.3 Å². The van der Waals surface area contributed by atoms with E-state index in [4.69, 9.17) is 4.74 Å². The summed E-state index contributed by atoms with van der Waals surface area (Å²) in [6.45, 7) is 2.32. The van der Waals surface area contributed by atoms with Gasteiger partial charge in [0.1, 0.15) is 5.75 Å². The third-order valence-electron chi connectivity index (χ3n) is 8.82. The lowest BCUT2D eigenvalue weighted by molar-refractivity contribution is 0.0689. The highest BCUT2D eigenvalue weighted by Crippen LogP contribution is 2.49. The maximum Gasteiger partial charge on any atom is 0.119 e. The summed E-state index contributed by atoms with van der Waals surface area (Å²) in [5.41, 5.74) is 3.16. The normalized spacial score (nSPS) is 31.7. The van der Waals surface area contributed by atoms with E-state index in [1.54, 1.807) is 37.5 Å². The van der Waals surface area contributed by atoms with Gasteiger partial charge in [0.2, 0.25) is 0 Å².